The Morgan fingerprint density at radius 3 is 1.60 bits per heavy atom. The number of hydrogen-bond acceptors (Lipinski definition) is 3. The van der Waals surface area contributed by atoms with Crippen LogP contribution in [0.15, 0.2) is 15.0 Å². The van der Waals surface area contributed by atoms with Crippen molar-refractivity contribution in [2.45, 2.75) is 216 Å². The molecule has 6 heteroatoms. The number of hydrogen-bond donors (Lipinski definition) is 1. The summed E-state index contributed by atoms with van der Waals surface area (Å²) in [6, 6.07) is 1.53. The Bertz CT molecular complexity index is 850. The second-order valence-corrected chi connectivity index (χ2v) is 16.9. The third-order valence-corrected chi connectivity index (χ3v) is 9.55. The number of nitrogens with one attached hydrogen (secondary N) is 1. The van der Waals surface area contributed by atoms with Gasteiger partial charge in [-0.05, 0) is 77.6 Å². The SMILES string of the molecule is CCCCN(C)C(CC(C)C)=NC(C)C.CCCCN(C)C(CC1CCCCC1)=NC1CCCCC1.CCCCN=C(CC(C)C)NC(C)C. The highest BCUT2D eigenvalue weighted by atomic mass is 15.2. The monoisotopic (exact) mass is 703 g/mol. The fourth-order valence-corrected chi connectivity index (χ4v) is 6.66. The van der Waals surface area contributed by atoms with Crippen molar-refractivity contribution < 1.29 is 0 Å². The van der Waals surface area contributed by atoms with Crippen LogP contribution in [0.25, 0.3) is 0 Å². The fraction of sp³-hybridized carbons (Fsp3) is 0.932. The van der Waals surface area contributed by atoms with Gasteiger partial charge in [0, 0.05) is 65.1 Å². The Hall–Kier alpha value is -1.59. The van der Waals surface area contributed by atoms with Crippen molar-refractivity contribution in [2.24, 2.45) is 32.7 Å². The summed E-state index contributed by atoms with van der Waals surface area (Å²) in [6.07, 6.45) is 25.0. The molecule has 2 saturated carbocycles. The van der Waals surface area contributed by atoms with Gasteiger partial charge in [0.15, 0.2) is 0 Å². The third kappa shape index (κ3) is 27.1. The summed E-state index contributed by atoms with van der Waals surface area (Å²) in [6.45, 7) is 27.6. The van der Waals surface area contributed by atoms with Crippen molar-refractivity contribution in [1.29, 1.82) is 0 Å². The standard InChI is InChI=1S/C19H36N2.C13H28N2.C12H26N2/c1-3-4-15-21(2)19(16-17-11-7-5-8-12-17)20-18-13-9-6-10-14-18;1-7-8-9-15(6)13(10-11(2)3)14-12(4)5;1-6-7-8-13-12(9-10(2)3)14-11(4)5/h17-18H,3-16H2,1-2H3;11-12H,7-10H2,1-6H3;10-11H,6-9H2,1-5H3,(H,13,14). The Kier molecular flexibility index (Phi) is 30.0. The molecule has 0 aromatic rings. The molecule has 0 aromatic heterocycles. The second-order valence-electron chi connectivity index (χ2n) is 16.9. The Balaban J connectivity index is 0.000000745. The van der Waals surface area contributed by atoms with Gasteiger partial charge in [-0.25, -0.2) is 0 Å². The third-order valence-electron chi connectivity index (χ3n) is 9.55. The maximum atomic E-state index is 5.23. The molecule has 0 bridgehead atoms. The lowest BCUT2D eigenvalue weighted by atomic mass is 9.86. The summed E-state index contributed by atoms with van der Waals surface area (Å²) in [5, 5.41) is 3.42. The summed E-state index contributed by atoms with van der Waals surface area (Å²) in [5.41, 5.74) is 0. The lowest BCUT2D eigenvalue weighted by Crippen LogP contribution is -2.32. The topological polar surface area (TPSA) is 55.6 Å². The van der Waals surface area contributed by atoms with E-state index in [1.54, 1.807) is 0 Å². The van der Waals surface area contributed by atoms with Crippen LogP contribution in [0, 0.1) is 17.8 Å². The molecule has 296 valence electrons. The van der Waals surface area contributed by atoms with Gasteiger partial charge < -0.3 is 15.1 Å². The second kappa shape index (κ2) is 31.0. The molecule has 0 aromatic carbocycles. The summed E-state index contributed by atoms with van der Waals surface area (Å²) in [4.78, 5) is 19.3. The van der Waals surface area contributed by atoms with Gasteiger partial charge in [-0.2, -0.15) is 0 Å². The molecule has 6 nitrogen and oxygen atoms in total. The van der Waals surface area contributed by atoms with E-state index in [0.717, 1.165) is 31.8 Å². The Labute approximate surface area is 314 Å². The molecule has 2 rings (SSSR count). The number of rotatable bonds is 18. The summed E-state index contributed by atoms with van der Waals surface area (Å²) < 4.78 is 0. The molecule has 0 saturated heterocycles. The molecule has 2 aliphatic rings. The van der Waals surface area contributed by atoms with Crippen molar-refractivity contribution in [3.63, 3.8) is 0 Å². The fourth-order valence-electron chi connectivity index (χ4n) is 6.66. The van der Waals surface area contributed by atoms with Crippen LogP contribution in [0.1, 0.15) is 198 Å². The van der Waals surface area contributed by atoms with Gasteiger partial charge in [-0.15, -0.1) is 0 Å². The zero-order valence-electron chi connectivity index (χ0n) is 36.3. The zero-order valence-corrected chi connectivity index (χ0v) is 36.3. The maximum absolute atomic E-state index is 5.23. The zero-order chi connectivity index (χ0) is 37.7. The highest BCUT2D eigenvalue weighted by Gasteiger charge is 2.20. The number of aliphatic imine (C=N–C) groups is 3. The van der Waals surface area contributed by atoms with Crippen LogP contribution < -0.4 is 5.32 Å². The van der Waals surface area contributed by atoms with Crippen molar-refractivity contribution in [3.05, 3.63) is 0 Å². The summed E-state index contributed by atoms with van der Waals surface area (Å²) in [5.74, 6) is 6.16. The predicted molar refractivity (Wildman–Crippen MR) is 228 cm³/mol. The Morgan fingerprint density at radius 1 is 0.640 bits per heavy atom. The van der Waals surface area contributed by atoms with E-state index >= 15 is 0 Å². The van der Waals surface area contributed by atoms with E-state index in [1.807, 2.05) is 0 Å². The van der Waals surface area contributed by atoms with E-state index in [-0.39, 0.29) is 0 Å². The first kappa shape index (κ1) is 48.4. The normalized spacial score (nSPS) is 16.8. The van der Waals surface area contributed by atoms with Gasteiger partial charge in [-0.3, -0.25) is 15.0 Å². The number of amidine groups is 3. The minimum absolute atomic E-state index is 0.405. The summed E-state index contributed by atoms with van der Waals surface area (Å²) in [7, 11) is 4.44. The summed E-state index contributed by atoms with van der Waals surface area (Å²) >= 11 is 0. The molecule has 50 heavy (non-hydrogen) atoms. The molecule has 2 aliphatic carbocycles. The Morgan fingerprint density at radius 2 is 1.14 bits per heavy atom. The average Bonchev–Trinajstić information content (AvgIpc) is 3.06. The smallest absolute Gasteiger partial charge is 0.0992 e. The first-order valence-corrected chi connectivity index (χ1v) is 21.7. The minimum atomic E-state index is 0.405. The molecule has 0 radical (unpaired) electrons. The molecule has 0 spiro atoms. The van der Waals surface area contributed by atoms with Crippen molar-refractivity contribution >= 4 is 17.5 Å². The van der Waals surface area contributed by atoms with E-state index in [1.165, 1.54) is 133 Å². The molecule has 0 amide bonds. The van der Waals surface area contributed by atoms with Crippen LogP contribution >= 0.6 is 0 Å². The van der Waals surface area contributed by atoms with Gasteiger partial charge in [0.1, 0.15) is 0 Å². The van der Waals surface area contributed by atoms with Crippen LogP contribution in [0.2, 0.25) is 0 Å². The van der Waals surface area contributed by atoms with Crippen LogP contribution in [0.5, 0.6) is 0 Å². The largest absolute Gasteiger partial charge is 0.372 e. The molecule has 0 heterocycles. The van der Waals surface area contributed by atoms with Crippen molar-refractivity contribution in [1.82, 2.24) is 15.1 Å². The predicted octanol–water partition coefficient (Wildman–Crippen LogP) is 12.2. The van der Waals surface area contributed by atoms with Crippen LogP contribution in [-0.4, -0.2) is 79.2 Å². The molecule has 0 aliphatic heterocycles. The molecular weight excluding hydrogens is 613 g/mol. The highest BCUT2D eigenvalue weighted by Crippen LogP contribution is 2.28. The van der Waals surface area contributed by atoms with Gasteiger partial charge >= 0.3 is 0 Å². The van der Waals surface area contributed by atoms with Gasteiger partial charge in [0.05, 0.1) is 23.5 Å². The van der Waals surface area contributed by atoms with Gasteiger partial charge in [0.25, 0.3) is 0 Å². The quantitative estimate of drug-likeness (QED) is 0.0879. The van der Waals surface area contributed by atoms with Crippen LogP contribution in [0.4, 0.5) is 0 Å². The molecule has 2 fully saturated rings. The molecule has 0 atom stereocenters. The molecular formula is C44H90N6. The highest BCUT2D eigenvalue weighted by molar-refractivity contribution is 5.83. The van der Waals surface area contributed by atoms with E-state index in [0.29, 0.717) is 30.0 Å². The lowest BCUT2D eigenvalue weighted by Gasteiger charge is -2.29. The first-order chi connectivity index (χ1) is 23.8. The van der Waals surface area contributed by atoms with Gasteiger partial charge in [0.2, 0.25) is 0 Å². The average molecular weight is 703 g/mol. The number of unbranched alkanes of at least 4 members (excludes halogenated alkanes) is 3. The minimum Gasteiger partial charge on any atom is -0.372 e. The van der Waals surface area contributed by atoms with Crippen LogP contribution in [-0.2, 0) is 0 Å². The number of nitrogens with zero attached hydrogens (tertiary/aromatic N) is 5. The van der Waals surface area contributed by atoms with E-state index in [9.17, 15) is 0 Å². The maximum Gasteiger partial charge on any atom is 0.0992 e. The molecule has 0 unspecified atom stereocenters. The van der Waals surface area contributed by atoms with Crippen molar-refractivity contribution in [2.75, 3.05) is 33.7 Å². The van der Waals surface area contributed by atoms with Crippen molar-refractivity contribution in [3.8, 4) is 0 Å². The van der Waals surface area contributed by atoms with E-state index in [2.05, 4.69) is 110 Å². The van der Waals surface area contributed by atoms with Gasteiger partial charge in [-0.1, -0.05) is 119 Å². The first-order valence-electron chi connectivity index (χ1n) is 21.7. The molecule has 1 N–H and O–H groups in total. The van der Waals surface area contributed by atoms with E-state index in [4.69, 9.17) is 9.98 Å². The van der Waals surface area contributed by atoms with E-state index < -0.39 is 0 Å². The van der Waals surface area contributed by atoms with Crippen LogP contribution in [0.3, 0.4) is 0 Å². The lowest BCUT2D eigenvalue weighted by molar-refractivity contribution is 0.350.